The second kappa shape index (κ2) is 6.67. The molecule has 1 atom stereocenters. The van der Waals surface area contributed by atoms with Crippen molar-refractivity contribution in [2.24, 2.45) is 0 Å². The summed E-state index contributed by atoms with van der Waals surface area (Å²) in [6.45, 7) is 2.98. The minimum atomic E-state index is -0.655. The second-order valence-corrected chi connectivity index (χ2v) is 7.02. The molecule has 0 radical (unpaired) electrons. The number of hydrogen-bond donors (Lipinski definition) is 1. The number of ether oxygens (including phenoxy) is 1. The van der Waals surface area contributed by atoms with Crippen molar-refractivity contribution in [2.75, 3.05) is 13.1 Å². The molecule has 1 unspecified atom stereocenters. The number of rotatable bonds is 2. The molecular formula is C21H25NO2. The monoisotopic (exact) mass is 323 g/mol. The van der Waals surface area contributed by atoms with Crippen molar-refractivity contribution in [1.29, 1.82) is 0 Å². The maximum absolute atomic E-state index is 10.2. The molecule has 3 nitrogen and oxygen atoms in total. The van der Waals surface area contributed by atoms with Gasteiger partial charge in [-0.1, -0.05) is 54.6 Å². The van der Waals surface area contributed by atoms with E-state index < -0.39 is 6.29 Å². The van der Waals surface area contributed by atoms with E-state index in [9.17, 15) is 5.11 Å². The molecule has 2 aliphatic heterocycles. The molecule has 1 N–H and O–H groups in total. The molecule has 0 aromatic heterocycles. The Morgan fingerprint density at radius 3 is 2.50 bits per heavy atom. The molecule has 2 heterocycles. The lowest BCUT2D eigenvalue weighted by Crippen LogP contribution is -2.45. The summed E-state index contributed by atoms with van der Waals surface area (Å²) in [7, 11) is 0. The van der Waals surface area contributed by atoms with Gasteiger partial charge in [0.05, 0.1) is 5.60 Å². The standard InChI is InChI=1S/C21H25NO2/c23-20-11-10-18-8-4-5-9-19(18)21(24-20)12-14-22(15-13-21)16-17-6-2-1-3-7-17/h1-9,20,23H,10-16H2. The summed E-state index contributed by atoms with van der Waals surface area (Å²) in [5.74, 6) is 0. The van der Waals surface area contributed by atoms with Gasteiger partial charge in [0.25, 0.3) is 0 Å². The number of piperidine rings is 1. The predicted octanol–water partition coefficient (Wildman–Crippen LogP) is 3.46. The third-order valence-corrected chi connectivity index (χ3v) is 5.44. The zero-order valence-corrected chi connectivity index (χ0v) is 14.0. The summed E-state index contributed by atoms with van der Waals surface area (Å²) in [5, 5.41) is 10.2. The summed E-state index contributed by atoms with van der Waals surface area (Å²) >= 11 is 0. The molecule has 2 aromatic carbocycles. The van der Waals surface area contributed by atoms with Gasteiger partial charge in [0, 0.05) is 26.1 Å². The molecule has 1 spiro atoms. The van der Waals surface area contributed by atoms with E-state index in [-0.39, 0.29) is 5.60 Å². The fourth-order valence-electron chi connectivity index (χ4n) is 4.15. The smallest absolute Gasteiger partial charge is 0.156 e. The van der Waals surface area contributed by atoms with Gasteiger partial charge in [-0.2, -0.15) is 0 Å². The van der Waals surface area contributed by atoms with E-state index in [0.29, 0.717) is 6.42 Å². The van der Waals surface area contributed by atoms with E-state index >= 15 is 0 Å². The molecule has 0 amide bonds. The third-order valence-electron chi connectivity index (χ3n) is 5.44. The molecule has 4 rings (SSSR count). The molecule has 3 heteroatoms. The van der Waals surface area contributed by atoms with E-state index in [1.807, 2.05) is 0 Å². The van der Waals surface area contributed by atoms with Crippen molar-refractivity contribution in [3.63, 3.8) is 0 Å². The molecule has 2 aromatic rings. The lowest BCUT2D eigenvalue weighted by molar-refractivity contribution is -0.205. The van der Waals surface area contributed by atoms with Gasteiger partial charge in [-0.25, -0.2) is 0 Å². The van der Waals surface area contributed by atoms with Crippen molar-refractivity contribution in [2.45, 2.75) is 44.1 Å². The zero-order chi connectivity index (χ0) is 16.4. The first kappa shape index (κ1) is 15.8. The maximum Gasteiger partial charge on any atom is 0.156 e. The first-order chi connectivity index (χ1) is 11.8. The number of benzene rings is 2. The van der Waals surface area contributed by atoms with Gasteiger partial charge in [0.1, 0.15) is 0 Å². The van der Waals surface area contributed by atoms with Crippen molar-refractivity contribution < 1.29 is 9.84 Å². The number of aliphatic hydroxyl groups is 1. The quantitative estimate of drug-likeness (QED) is 0.919. The van der Waals surface area contributed by atoms with Crippen LogP contribution in [0.5, 0.6) is 0 Å². The molecule has 0 bridgehead atoms. The lowest BCUT2D eigenvalue weighted by atomic mass is 9.81. The normalized spacial score (nSPS) is 23.6. The summed E-state index contributed by atoms with van der Waals surface area (Å²) < 4.78 is 6.19. The number of aryl methyl sites for hydroxylation is 1. The van der Waals surface area contributed by atoms with Crippen LogP contribution in [0.3, 0.4) is 0 Å². The number of aliphatic hydroxyl groups excluding tert-OH is 1. The fraction of sp³-hybridized carbons (Fsp3) is 0.429. The summed E-state index contributed by atoms with van der Waals surface area (Å²) in [6.07, 6.45) is 2.80. The Morgan fingerprint density at radius 1 is 1.00 bits per heavy atom. The van der Waals surface area contributed by atoms with E-state index in [4.69, 9.17) is 4.74 Å². The van der Waals surface area contributed by atoms with Gasteiger partial charge in [0.2, 0.25) is 0 Å². The van der Waals surface area contributed by atoms with E-state index in [2.05, 4.69) is 59.5 Å². The number of hydrogen-bond acceptors (Lipinski definition) is 3. The summed E-state index contributed by atoms with van der Waals surface area (Å²) in [5.41, 5.74) is 3.67. The van der Waals surface area contributed by atoms with Crippen LogP contribution in [-0.4, -0.2) is 29.4 Å². The van der Waals surface area contributed by atoms with E-state index in [1.54, 1.807) is 0 Å². The molecule has 1 fully saturated rings. The minimum absolute atomic E-state index is 0.320. The van der Waals surface area contributed by atoms with Crippen LogP contribution in [0, 0.1) is 0 Å². The highest BCUT2D eigenvalue weighted by Gasteiger charge is 2.41. The maximum atomic E-state index is 10.2. The van der Waals surface area contributed by atoms with Crippen molar-refractivity contribution >= 4 is 0 Å². The first-order valence-corrected chi connectivity index (χ1v) is 8.96. The largest absolute Gasteiger partial charge is 0.368 e. The minimum Gasteiger partial charge on any atom is -0.368 e. The van der Waals surface area contributed by atoms with Crippen LogP contribution in [0.15, 0.2) is 54.6 Å². The molecule has 24 heavy (non-hydrogen) atoms. The van der Waals surface area contributed by atoms with Crippen LogP contribution < -0.4 is 0 Å². The Morgan fingerprint density at radius 2 is 1.71 bits per heavy atom. The van der Waals surface area contributed by atoms with Gasteiger partial charge in [-0.3, -0.25) is 4.90 Å². The fourth-order valence-corrected chi connectivity index (χ4v) is 4.15. The topological polar surface area (TPSA) is 32.7 Å². The van der Waals surface area contributed by atoms with Crippen molar-refractivity contribution in [3.05, 3.63) is 71.3 Å². The van der Waals surface area contributed by atoms with Crippen LogP contribution in [0.25, 0.3) is 0 Å². The van der Waals surface area contributed by atoms with Gasteiger partial charge in [0.15, 0.2) is 6.29 Å². The highest BCUT2D eigenvalue weighted by atomic mass is 16.6. The van der Waals surface area contributed by atoms with Crippen LogP contribution >= 0.6 is 0 Å². The van der Waals surface area contributed by atoms with E-state index in [0.717, 1.165) is 38.9 Å². The third kappa shape index (κ3) is 3.12. The Kier molecular flexibility index (Phi) is 4.40. The predicted molar refractivity (Wildman–Crippen MR) is 94.5 cm³/mol. The average molecular weight is 323 g/mol. The lowest BCUT2D eigenvalue weighted by Gasteiger charge is -2.42. The highest BCUT2D eigenvalue weighted by molar-refractivity contribution is 5.34. The van der Waals surface area contributed by atoms with Crippen LogP contribution in [0.2, 0.25) is 0 Å². The Bertz CT molecular complexity index is 677. The van der Waals surface area contributed by atoms with Crippen LogP contribution in [0.4, 0.5) is 0 Å². The van der Waals surface area contributed by atoms with Crippen molar-refractivity contribution in [1.82, 2.24) is 4.90 Å². The second-order valence-electron chi connectivity index (χ2n) is 7.02. The van der Waals surface area contributed by atoms with Gasteiger partial charge in [-0.15, -0.1) is 0 Å². The molecule has 0 aliphatic carbocycles. The number of fused-ring (bicyclic) bond motifs is 2. The molecular weight excluding hydrogens is 298 g/mol. The Hall–Kier alpha value is -1.68. The van der Waals surface area contributed by atoms with Crippen LogP contribution in [0.1, 0.15) is 36.0 Å². The van der Waals surface area contributed by atoms with E-state index in [1.165, 1.54) is 16.7 Å². The van der Waals surface area contributed by atoms with Gasteiger partial charge < -0.3 is 9.84 Å². The van der Waals surface area contributed by atoms with Crippen LogP contribution in [-0.2, 0) is 23.3 Å². The summed E-state index contributed by atoms with van der Waals surface area (Å²) in [4.78, 5) is 2.49. The van der Waals surface area contributed by atoms with Gasteiger partial charge >= 0.3 is 0 Å². The number of nitrogens with zero attached hydrogens (tertiary/aromatic N) is 1. The SMILES string of the molecule is OC1CCc2ccccc2C2(CCN(Cc3ccccc3)CC2)O1. The molecule has 1 saturated heterocycles. The Labute approximate surface area is 143 Å². The molecule has 0 saturated carbocycles. The van der Waals surface area contributed by atoms with Gasteiger partial charge in [-0.05, 0) is 36.0 Å². The first-order valence-electron chi connectivity index (χ1n) is 8.96. The zero-order valence-electron chi connectivity index (χ0n) is 14.0. The summed E-state index contributed by atoms with van der Waals surface area (Å²) in [6, 6.07) is 19.2. The average Bonchev–Trinajstić information content (AvgIpc) is 2.76. The van der Waals surface area contributed by atoms with Crippen molar-refractivity contribution in [3.8, 4) is 0 Å². The highest BCUT2D eigenvalue weighted by Crippen LogP contribution is 2.42. The molecule has 2 aliphatic rings. The Balaban J connectivity index is 1.52. The number of likely N-dealkylation sites (tertiary alicyclic amines) is 1. The molecule has 126 valence electrons.